The summed E-state index contributed by atoms with van der Waals surface area (Å²) in [6.45, 7) is 6.32. The van der Waals surface area contributed by atoms with E-state index in [-0.39, 0.29) is 22.8 Å². The third-order valence-corrected chi connectivity index (χ3v) is 5.50. The molecule has 0 bridgehead atoms. The quantitative estimate of drug-likeness (QED) is 0.632. The van der Waals surface area contributed by atoms with Crippen LogP contribution in [0.2, 0.25) is 0 Å². The molecule has 0 fully saturated rings. The molecule has 1 aromatic carbocycles. The Kier molecular flexibility index (Phi) is 8.25. The van der Waals surface area contributed by atoms with Crippen LogP contribution in [0.4, 0.5) is 5.69 Å². The van der Waals surface area contributed by atoms with Crippen molar-refractivity contribution in [3.8, 4) is 11.5 Å². The number of anilines is 1. The average molecular weight is 407 g/mol. The maximum Gasteiger partial charge on any atom is 0.239 e. The first-order valence-corrected chi connectivity index (χ1v) is 10.6. The predicted molar refractivity (Wildman–Crippen MR) is 110 cm³/mol. The molecule has 2 unspecified atom stereocenters. The number of carbonyl (C=O) groups excluding carboxylic acids is 1. The number of hydrogen-bond donors (Lipinski definition) is 2. The zero-order valence-corrected chi connectivity index (χ0v) is 17.1. The van der Waals surface area contributed by atoms with Gasteiger partial charge in [0.05, 0.1) is 24.7 Å². The molecule has 8 heteroatoms. The van der Waals surface area contributed by atoms with Crippen molar-refractivity contribution in [2.75, 3.05) is 18.5 Å². The van der Waals surface area contributed by atoms with E-state index in [0.717, 1.165) is 6.42 Å². The molecule has 1 heterocycles. The zero-order chi connectivity index (χ0) is 20.5. The second-order valence-electron chi connectivity index (χ2n) is 6.12. The van der Waals surface area contributed by atoms with Gasteiger partial charge in [-0.2, -0.15) is 0 Å². The van der Waals surface area contributed by atoms with E-state index in [9.17, 15) is 13.8 Å². The fourth-order valence-corrected chi connectivity index (χ4v) is 3.41. The molecule has 7 nitrogen and oxygen atoms in total. The Morgan fingerprint density at radius 3 is 2.64 bits per heavy atom. The molecule has 2 aromatic rings. The van der Waals surface area contributed by atoms with Gasteiger partial charge in [-0.05, 0) is 32.4 Å². The monoisotopic (exact) mass is 406 g/mol. The molecule has 2 rings (SSSR count). The highest BCUT2D eigenvalue weighted by molar-refractivity contribution is 7.85. The number of aromatic nitrogens is 1. The number of hydrogen-bond acceptors (Lipinski definition) is 5. The second kappa shape index (κ2) is 10.7. The van der Waals surface area contributed by atoms with Gasteiger partial charge in [0.25, 0.3) is 0 Å². The number of pyridine rings is 1. The third kappa shape index (κ3) is 5.95. The minimum atomic E-state index is -1.51. The van der Waals surface area contributed by atoms with Crippen LogP contribution in [-0.4, -0.2) is 33.6 Å². The smallest absolute Gasteiger partial charge is 0.239 e. The van der Waals surface area contributed by atoms with E-state index < -0.39 is 16.0 Å². The van der Waals surface area contributed by atoms with E-state index in [1.807, 2.05) is 19.9 Å². The van der Waals surface area contributed by atoms with Crippen molar-refractivity contribution in [3.05, 3.63) is 52.4 Å². The molecule has 0 saturated heterocycles. The Labute approximate surface area is 166 Å². The molecule has 0 radical (unpaired) electrons. The highest BCUT2D eigenvalue weighted by Crippen LogP contribution is 2.24. The molecule has 2 atom stereocenters. The molecular formula is C20H26N2O5S. The van der Waals surface area contributed by atoms with Gasteiger partial charge in [0, 0.05) is 28.8 Å². The SMILES string of the molecule is CCCOc1c[nH]c(CS(=O)C(C)C(=O)Nc2ccccc2OCC)cc1=O. The predicted octanol–water partition coefficient (Wildman–Crippen LogP) is 2.84. The molecule has 152 valence electrons. The molecule has 0 aliphatic heterocycles. The summed E-state index contributed by atoms with van der Waals surface area (Å²) >= 11 is 0. The van der Waals surface area contributed by atoms with E-state index in [0.29, 0.717) is 30.3 Å². The van der Waals surface area contributed by atoms with Gasteiger partial charge in [-0.1, -0.05) is 19.1 Å². The summed E-state index contributed by atoms with van der Waals surface area (Å²) in [5.74, 6) is 0.471. The van der Waals surface area contributed by atoms with Crippen molar-refractivity contribution < 1.29 is 18.5 Å². The van der Waals surface area contributed by atoms with Crippen LogP contribution in [0, 0.1) is 0 Å². The van der Waals surface area contributed by atoms with E-state index in [1.165, 1.54) is 12.3 Å². The molecule has 0 aliphatic carbocycles. The van der Waals surface area contributed by atoms with Crippen molar-refractivity contribution in [2.24, 2.45) is 0 Å². The van der Waals surface area contributed by atoms with Crippen molar-refractivity contribution in [3.63, 3.8) is 0 Å². The Morgan fingerprint density at radius 2 is 1.96 bits per heavy atom. The van der Waals surface area contributed by atoms with Gasteiger partial charge in [-0.25, -0.2) is 0 Å². The fraction of sp³-hybridized carbons (Fsp3) is 0.400. The van der Waals surface area contributed by atoms with Crippen molar-refractivity contribution in [1.82, 2.24) is 4.98 Å². The topological polar surface area (TPSA) is 97.5 Å². The number of aromatic amines is 1. The lowest BCUT2D eigenvalue weighted by Gasteiger charge is -2.15. The van der Waals surface area contributed by atoms with Gasteiger partial charge in [0.15, 0.2) is 5.75 Å². The lowest BCUT2D eigenvalue weighted by molar-refractivity contribution is -0.115. The van der Waals surface area contributed by atoms with Crippen LogP contribution in [0.25, 0.3) is 0 Å². The molecule has 2 N–H and O–H groups in total. The highest BCUT2D eigenvalue weighted by atomic mass is 32.2. The normalized spacial score (nSPS) is 12.8. The van der Waals surface area contributed by atoms with Crippen LogP contribution in [0.1, 0.15) is 32.9 Å². The maximum atomic E-state index is 12.6. The van der Waals surface area contributed by atoms with Crippen LogP contribution in [0.5, 0.6) is 11.5 Å². The zero-order valence-electron chi connectivity index (χ0n) is 16.3. The van der Waals surface area contributed by atoms with Crippen LogP contribution >= 0.6 is 0 Å². The first-order valence-electron chi connectivity index (χ1n) is 9.20. The summed E-state index contributed by atoms with van der Waals surface area (Å²) in [5, 5.41) is 1.99. The Bertz CT molecular complexity index is 881. The van der Waals surface area contributed by atoms with Crippen LogP contribution in [-0.2, 0) is 21.3 Å². The first-order chi connectivity index (χ1) is 13.5. The summed E-state index contributed by atoms with van der Waals surface area (Å²) in [6, 6.07) is 8.44. The minimum Gasteiger partial charge on any atom is -0.492 e. The number of rotatable bonds is 10. The molecule has 0 aliphatic rings. The van der Waals surface area contributed by atoms with Gasteiger partial charge < -0.3 is 19.8 Å². The average Bonchev–Trinajstić information content (AvgIpc) is 2.68. The van der Waals surface area contributed by atoms with Crippen molar-refractivity contribution >= 4 is 22.4 Å². The van der Waals surface area contributed by atoms with E-state index >= 15 is 0 Å². The van der Waals surface area contributed by atoms with Crippen LogP contribution in [0.15, 0.2) is 41.3 Å². The number of ether oxygens (including phenoxy) is 2. The summed E-state index contributed by atoms with van der Waals surface area (Å²) < 4.78 is 23.4. The number of nitrogens with one attached hydrogen (secondary N) is 2. The molecular weight excluding hydrogens is 380 g/mol. The standard InChI is InChI=1S/C20H26N2O5S/c1-4-10-27-19-12-21-15(11-17(19)23)13-28(25)14(3)20(24)22-16-8-6-7-9-18(16)26-5-2/h6-9,11-12,14H,4-5,10,13H2,1-3H3,(H,21,23)(H,22,24). The maximum absolute atomic E-state index is 12.6. The number of H-pyrrole nitrogens is 1. The first kappa shape index (κ1) is 21.7. The fourth-order valence-electron chi connectivity index (χ4n) is 2.39. The largest absolute Gasteiger partial charge is 0.492 e. The Balaban J connectivity index is 2.01. The molecule has 0 saturated carbocycles. The number of benzene rings is 1. The molecule has 1 aromatic heterocycles. The van der Waals surface area contributed by atoms with Gasteiger partial charge >= 0.3 is 0 Å². The molecule has 0 spiro atoms. The van der Waals surface area contributed by atoms with Crippen molar-refractivity contribution in [2.45, 2.75) is 38.2 Å². The summed E-state index contributed by atoms with van der Waals surface area (Å²) in [7, 11) is -1.51. The summed E-state index contributed by atoms with van der Waals surface area (Å²) in [5.41, 5.74) is 0.743. The van der Waals surface area contributed by atoms with Crippen molar-refractivity contribution in [1.29, 1.82) is 0 Å². The highest BCUT2D eigenvalue weighted by Gasteiger charge is 2.22. The van der Waals surface area contributed by atoms with E-state index in [4.69, 9.17) is 9.47 Å². The van der Waals surface area contributed by atoms with Gasteiger partial charge in [0.2, 0.25) is 11.3 Å². The third-order valence-electron chi connectivity index (χ3n) is 3.90. The van der Waals surface area contributed by atoms with E-state index in [2.05, 4.69) is 10.3 Å². The second-order valence-corrected chi connectivity index (χ2v) is 7.88. The lowest BCUT2D eigenvalue weighted by atomic mass is 10.3. The molecule has 1 amide bonds. The van der Waals surface area contributed by atoms with Gasteiger partial charge in [0.1, 0.15) is 11.0 Å². The van der Waals surface area contributed by atoms with Gasteiger partial charge in [-0.15, -0.1) is 0 Å². The number of para-hydroxylation sites is 2. The van der Waals surface area contributed by atoms with Gasteiger partial charge in [-0.3, -0.25) is 13.8 Å². The number of carbonyl (C=O) groups is 1. The van der Waals surface area contributed by atoms with Crippen LogP contribution < -0.4 is 20.2 Å². The summed E-state index contributed by atoms with van der Waals surface area (Å²) in [6.07, 6.45) is 2.26. The van der Waals surface area contributed by atoms with Crippen LogP contribution in [0.3, 0.4) is 0 Å². The van der Waals surface area contributed by atoms with E-state index in [1.54, 1.807) is 25.1 Å². The number of amides is 1. The molecule has 28 heavy (non-hydrogen) atoms. The Morgan fingerprint density at radius 1 is 1.21 bits per heavy atom. The Hall–Kier alpha value is -2.61. The minimum absolute atomic E-state index is 0.0605. The summed E-state index contributed by atoms with van der Waals surface area (Å²) in [4.78, 5) is 27.4. The lowest BCUT2D eigenvalue weighted by Crippen LogP contribution is -2.30.